The van der Waals surface area contributed by atoms with Crippen LogP contribution in [0.3, 0.4) is 0 Å². The molecule has 8 aliphatic rings. The van der Waals surface area contributed by atoms with E-state index in [-0.39, 0.29) is 60.3 Å². The zero-order chi connectivity index (χ0) is 111. The number of allylic oxidation sites excluding steroid dienone is 9. The molecule has 0 N–H and O–H groups in total. The first kappa shape index (κ1) is 137. The second kappa shape index (κ2) is 69.9. The van der Waals surface area contributed by atoms with Gasteiger partial charge in [-0.1, -0.05) is 364 Å². The zero-order valence-electron chi connectivity index (χ0n) is 104. The van der Waals surface area contributed by atoms with E-state index in [1.807, 2.05) is 13.0 Å². The molecule has 0 amide bonds. The number of unbranched alkanes of at least 4 members (excludes halogenated alkanes) is 28. The predicted octanol–water partition coefficient (Wildman–Crippen LogP) is 36.8. The topological polar surface area (TPSA) is 142 Å². The molecule has 0 aromatic carbocycles. The fourth-order valence-corrected chi connectivity index (χ4v) is 21.4. The van der Waals surface area contributed by atoms with Crippen molar-refractivity contribution in [1.82, 2.24) is 34.3 Å². The molecule has 0 bridgehead atoms. The fraction of sp³-hybridized carbons (Fsp3) is 0.827. The van der Waals surface area contributed by atoms with Gasteiger partial charge in [-0.2, -0.15) is 0 Å². The summed E-state index contributed by atoms with van der Waals surface area (Å²) in [7, 11) is 0. The molecule has 0 saturated heterocycles. The Bertz CT molecular complexity index is 4020. The van der Waals surface area contributed by atoms with Gasteiger partial charge in [0.1, 0.15) is 0 Å². The van der Waals surface area contributed by atoms with Gasteiger partial charge in [0.15, 0.2) is 40.5 Å². The van der Waals surface area contributed by atoms with Crippen LogP contribution in [0, 0.1) is 37.9 Å². The predicted molar refractivity (Wildman–Crippen MR) is 637 cm³/mol. The second-order valence-electron chi connectivity index (χ2n) is 53.6. The summed E-state index contributed by atoms with van der Waals surface area (Å²) in [6.45, 7) is 85.8. The summed E-state index contributed by atoms with van der Waals surface area (Å²) in [5.74, 6) is 2.48. The second-order valence-corrected chi connectivity index (χ2v) is 53.6. The molecular formula is C133H241N7O7. The molecule has 7 aliphatic heterocycles. The van der Waals surface area contributed by atoms with Crippen molar-refractivity contribution in [2.24, 2.45) is 37.9 Å². The van der Waals surface area contributed by atoms with Gasteiger partial charge in [0.2, 0.25) is 0 Å². The molecule has 0 atom stereocenters. The minimum Gasteiger partial charge on any atom is -0.377 e. The van der Waals surface area contributed by atoms with Gasteiger partial charge in [-0.25, -0.2) is 0 Å². The molecule has 7 heterocycles. The van der Waals surface area contributed by atoms with Crippen LogP contribution < -0.4 is 0 Å². The first-order chi connectivity index (χ1) is 68.9. The molecule has 0 unspecified atom stereocenters. The fourth-order valence-electron chi connectivity index (χ4n) is 21.4. The quantitative estimate of drug-likeness (QED) is 0.0421. The first-order valence-electron chi connectivity index (χ1n) is 61.6. The van der Waals surface area contributed by atoms with Crippen molar-refractivity contribution >= 4 is 40.5 Å². The maximum absolute atomic E-state index is 12.8. The number of carbonyl (C=O) groups is 7. The lowest BCUT2D eigenvalue weighted by molar-refractivity contribution is -0.118. The van der Waals surface area contributed by atoms with Crippen molar-refractivity contribution in [2.75, 3.05) is 52.4 Å². The van der Waals surface area contributed by atoms with Crippen LogP contribution in [0.25, 0.3) is 0 Å². The number of nitrogens with zero attached hydrogens (tertiary/aromatic N) is 7. The SMILES string of the molecule is CCC/C=C/CC(=O)C1=CN(C(C)C)CCC1(C)C.CCCCCC(=O)C1=CN(C(C)(C)C)CCC1(C)C.CCCCCCCC(=O)C1=CN(C(C)(C)C)CCC1(C)C.CCCCCCCC(=O)C1=CN(C(C)C)CCC1(C)C.CCCCCCCC(=O)C1=CN(C2CCCCC2)CCC1(C)C.CCCCCCCCCC(=O)C1=CN(C(C)(C)C)CCC1(C)C.CCCCCCCCCCN1C=C(C(=O)CC)C(C)(C)CC1. The third-order valence-electron chi connectivity index (χ3n) is 33.2. The molecule has 8 rings (SSSR count). The van der Waals surface area contributed by atoms with E-state index in [0.717, 1.165) is 213 Å². The minimum absolute atomic E-state index is 0.0150. The molecule has 0 radical (unpaired) electrons. The van der Waals surface area contributed by atoms with Crippen LogP contribution in [-0.4, -0.2) is 162 Å². The molecular weight excluding hydrogens is 1810 g/mol. The van der Waals surface area contributed by atoms with Crippen LogP contribution in [0.2, 0.25) is 0 Å². The van der Waals surface area contributed by atoms with Crippen molar-refractivity contribution in [3.63, 3.8) is 0 Å². The number of hydrogen-bond donors (Lipinski definition) is 0. The highest BCUT2D eigenvalue weighted by Gasteiger charge is 2.42. The van der Waals surface area contributed by atoms with E-state index in [0.29, 0.717) is 72.1 Å². The summed E-state index contributed by atoms with van der Waals surface area (Å²) >= 11 is 0. The standard InChI is InChI=1S/C21H37NO.C21H39NO.C20H37NO.C19H35NO.C18H33NO.C17H31NO.C17H29NO/c1-4-5-6-7-11-14-20(23)19-17-22(16-15-21(19,2)3)18-12-9-8-10-13-18;1-7-8-9-10-11-12-13-14-19(23)18-17-22(20(2,3)4)16-15-21(18,5)6;1-5-7-8-9-10-11-12-13-15-21-16-14-20(3,4)18(17-21)19(22)6-2;1-7-8-9-10-11-12-17(21)16-15-20(18(2,3)4)14-13-19(16,5)6;1-6-7-8-9-10-11-17(20)16-14-19(15(2)3)13-12-18(16,4)5;1-7-8-9-10-15(19)14-13-18(16(2,3)4)12-11-17(14,5)6;1-6-7-8-9-10-16(19)15-13-18(14(2)3)12-11-17(15,4)5/h17-18H,4-16H2,1-3H3;17H,7-16H2,1-6H3;17H,5-16H2,1-4H3;15H,7-14H2,1-6H3;14-15H,6-13H2,1-5H3;13H,7-12H2,1-6H3;8-9,13-14H,6-7,10-12H2,1-5H3/b;;;;;;9-8+. The Morgan fingerprint density at radius 2 is 0.531 bits per heavy atom. The van der Waals surface area contributed by atoms with Crippen molar-refractivity contribution in [3.05, 3.63) is 94.6 Å². The van der Waals surface area contributed by atoms with E-state index in [1.165, 1.54) is 205 Å². The van der Waals surface area contributed by atoms with Crippen LogP contribution in [0.15, 0.2) is 94.6 Å². The Labute approximate surface area is 911 Å². The molecule has 0 spiro atoms. The van der Waals surface area contributed by atoms with Crippen LogP contribution in [0.5, 0.6) is 0 Å². The van der Waals surface area contributed by atoms with Crippen molar-refractivity contribution in [3.8, 4) is 0 Å². The lowest BCUT2D eigenvalue weighted by Crippen LogP contribution is -2.44. The highest BCUT2D eigenvalue weighted by atomic mass is 16.2. The van der Waals surface area contributed by atoms with Gasteiger partial charge < -0.3 is 34.3 Å². The summed E-state index contributed by atoms with van der Waals surface area (Å²) < 4.78 is 0. The molecule has 1 aliphatic carbocycles. The summed E-state index contributed by atoms with van der Waals surface area (Å²) in [5.41, 5.74) is 7.88. The smallest absolute Gasteiger partial charge is 0.164 e. The first-order valence-corrected chi connectivity index (χ1v) is 61.6. The molecule has 0 aromatic rings. The van der Waals surface area contributed by atoms with E-state index in [1.54, 1.807) is 0 Å². The maximum atomic E-state index is 12.8. The van der Waals surface area contributed by atoms with Crippen LogP contribution in [0.1, 0.15) is 589 Å². The van der Waals surface area contributed by atoms with E-state index in [4.69, 9.17) is 0 Å². The average Bonchev–Trinajstić information content (AvgIpc) is 0.653. The maximum Gasteiger partial charge on any atom is 0.164 e. The Kier molecular flexibility index (Phi) is 65.2. The summed E-state index contributed by atoms with van der Waals surface area (Å²) in [6.07, 6.45) is 81.9. The van der Waals surface area contributed by atoms with Crippen LogP contribution in [-0.2, 0) is 33.6 Å². The number of rotatable bonds is 54. The highest BCUT2D eigenvalue weighted by molar-refractivity contribution is 6.00. The van der Waals surface area contributed by atoms with E-state index < -0.39 is 0 Å². The van der Waals surface area contributed by atoms with Crippen LogP contribution in [0.4, 0.5) is 0 Å². The van der Waals surface area contributed by atoms with Crippen molar-refractivity contribution < 1.29 is 33.6 Å². The van der Waals surface area contributed by atoms with E-state index >= 15 is 0 Å². The normalized spacial score (nSPS) is 19.0. The monoisotopic (exact) mass is 2050 g/mol. The molecule has 850 valence electrons. The van der Waals surface area contributed by atoms with Crippen LogP contribution >= 0.6 is 0 Å². The van der Waals surface area contributed by atoms with Gasteiger partial charge in [0.25, 0.3) is 0 Å². The minimum atomic E-state index is 0.0150. The Morgan fingerprint density at radius 1 is 0.279 bits per heavy atom. The Morgan fingerprint density at radius 3 is 0.830 bits per heavy atom. The van der Waals surface area contributed by atoms with Gasteiger partial charge in [-0.3, -0.25) is 33.6 Å². The zero-order valence-corrected chi connectivity index (χ0v) is 104. The summed E-state index contributed by atoms with van der Waals surface area (Å²) in [4.78, 5) is 104. The van der Waals surface area contributed by atoms with Gasteiger partial charge in [0.05, 0.1) is 0 Å². The van der Waals surface area contributed by atoms with Crippen molar-refractivity contribution in [2.45, 2.75) is 624 Å². The summed E-state index contributed by atoms with van der Waals surface area (Å²) in [6, 6.07) is 1.64. The number of hydrogen-bond acceptors (Lipinski definition) is 14. The molecule has 14 heteroatoms. The third-order valence-corrected chi connectivity index (χ3v) is 33.2. The lowest BCUT2D eigenvalue weighted by atomic mass is 9.76. The van der Waals surface area contributed by atoms with Gasteiger partial charge >= 0.3 is 0 Å². The van der Waals surface area contributed by atoms with Gasteiger partial charge in [-0.15, -0.1) is 0 Å². The molecule has 14 nitrogen and oxygen atoms in total. The average molecular weight is 2050 g/mol. The molecule has 1 fully saturated rings. The van der Waals surface area contributed by atoms with Gasteiger partial charge in [0, 0.05) is 214 Å². The van der Waals surface area contributed by atoms with Gasteiger partial charge in [-0.05, 0) is 231 Å². The largest absolute Gasteiger partial charge is 0.377 e. The third kappa shape index (κ3) is 52.8. The number of carbonyl (C=O) groups excluding carboxylic acids is 7. The molecule has 147 heavy (non-hydrogen) atoms. The Balaban J connectivity index is 0.000000580. The van der Waals surface area contributed by atoms with E-state index in [9.17, 15) is 33.6 Å². The molecule has 1 saturated carbocycles. The van der Waals surface area contributed by atoms with Crippen molar-refractivity contribution in [1.29, 1.82) is 0 Å². The molecule has 0 aromatic heterocycles. The number of ketones is 7. The lowest BCUT2D eigenvalue weighted by Gasteiger charge is -2.43. The number of Topliss-reactive ketones (excluding diaryl/α,β-unsaturated/α-hetero) is 7. The van der Waals surface area contributed by atoms with E-state index in [2.05, 4.69) is 319 Å². The summed E-state index contributed by atoms with van der Waals surface area (Å²) in [5, 5.41) is 0. The highest BCUT2D eigenvalue weighted by Crippen LogP contribution is 2.45. The Hall–Kier alpha value is -5.79.